The Morgan fingerprint density at radius 3 is 2.63 bits per heavy atom. The molecule has 2 aromatic rings. The first-order valence-corrected chi connectivity index (χ1v) is 13.5. The van der Waals surface area contributed by atoms with Crippen molar-refractivity contribution in [1.82, 2.24) is 9.62 Å². The maximum Gasteiger partial charge on any atom is 0.226 e. The Morgan fingerprint density at radius 2 is 1.90 bits per heavy atom. The minimum Gasteiger partial charge on any atom is -0.342 e. The van der Waals surface area contributed by atoms with Crippen molar-refractivity contribution >= 4 is 28.0 Å². The molecule has 2 fully saturated rings. The number of nitrogens with zero attached hydrogens (tertiary/aromatic N) is 1. The highest BCUT2D eigenvalue weighted by molar-refractivity contribution is 8.26. The second-order valence-electron chi connectivity index (χ2n) is 8.89. The molecule has 1 amide bonds. The zero-order valence-corrected chi connectivity index (χ0v) is 19.3. The Labute approximate surface area is 186 Å². The van der Waals surface area contributed by atoms with Gasteiger partial charge in [-0.1, -0.05) is 58.5 Å². The van der Waals surface area contributed by atoms with Crippen LogP contribution < -0.4 is 4.72 Å². The van der Waals surface area contributed by atoms with Crippen molar-refractivity contribution in [2.75, 3.05) is 25.6 Å². The fraction of sp³-hybridized carbons (Fsp3) is 0.458. The van der Waals surface area contributed by atoms with Gasteiger partial charge in [-0.15, -0.1) is 0 Å². The van der Waals surface area contributed by atoms with Crippen LogP contribution >= 0.6 is 22.1 Å². The van der Waals surface area contributed by atoms with Crippen LogP contribution in [-0.4, -0.2) is 47.0 Å². The van der Waals surface area contributed by atoms with E-state index in [2.05, 4.69) is 22.9 Å². The fourth-order valence-corrected chi connectivity index (χ4v) is 5.83. The molecule has 0 radical (unpaired) electrons. The first-order chi connectivity index (χ1) is 14.3. The highest BCUT2D eigenvalue weighted by Crippen LogP contribution is 2.51. The van der Waals surface area contributed by atoms with Crippen LogP contribution in [0.2, 0.25) is 5.02 Å². The molecule has 1 heterocycles. The van der Waals surface area contributed by atoms with Gasteiger partial charge in [0.05, 0.1) is 0 Å². The van der Waals surface area contributed by atoms with E-state index in [1.807, 2.05) is 47.7 Å². The topological polar surface area (TPSA) is 52.6 Å². The van der Waals surface area contributed by atoms with Crippen LogP contribution in [0.15, 0.2) is 48.5 Å². The minimum atomic E-state index is -1.73. The lowest BCUT2D eigenvalue weighted by Crippen LogP contribution is -2.35. The van der Waals surface area contributed by atoms with Gasteiger partial charge in [0.2, 0.25) is 5.91 Å². The van der Waals surface area contributed by atoms with Gasteiger partial charge in [-0.25, -0.2) is 0 Å². The fourth-order valence-electron chi connectivity index (χ4n) is 4.61. The standard InChI is InChI=1S/C24H31ClN2O2S/c1-30(2,29)26-19-9-6-13-27(14-12-19)24(28)23-16-22(23)20-11-10-18(25)15-21(20)17-7-4-3-5-8-17/h3-5,7-8,10-11,15,19,22-23,26,29H,6,9,12-14,16H2,1-2H3. The van der Waals surface area contributed by atoms with Crippen molar-refractivity contribution in [3.8, 4) is 11.1 Å². The van der Waals surface area contributed by atoms with Crippen LogP contribution in [0.5, 0.6) is 0 Å². The minimum absolute atomic E-state index is 0.0676. The molecule has 2 aliphatic rings. The molecule has 0 spiro atoms. The van der Waals surface area contributed by atoms with Crippen molar-refractivity contribution in [3.05, 3.63) is 59.1 Å². The number of rotatable bonds is 5. The number of halogens is 1. The number of likely N-dealkylation sites (tertiary alicyclic amines) is 1. The summed E-state index contributed by atoms with van der Waals surface area (Å²) in [5.41, 5.74) is 3.51. The second-order valence-corrected chi connectivity index (χ2v) is 12.1. The van der Waals surface area contributed by atoms with Gasteiger partial charge in [-0.3, -0.25) is 9.52 Å². The molecule has 1 aliphatic carbocycles. The SMILES string of the molecule is CS(C)(O)NC1CCCN(C(=O)C2CC2c2ccc(Cl)cc2-c2ccccc2)CC1. The number of benzene rings is 2. The normalized spacial score (nSPS) is 24.9. The molecule has 4 rings (SSSR count). The summed E-state index contributed by atoms with van der Waals surface area (Å²) in [5, 5.41) is 0.723. The average Bonchev–Trinajstić information content (AvgIpc) is 3.51. The summed E-state index contributed by atoms with van der Waals surface area (Å²) in [7, 11) is -1.73. The van der Waals surface area contributed by atoms with Crippen LogP contribution in [-0.2, 0) is 4.79 Å². The van der Waals surface area contributed by atoms with Gasteiger partial charge >= 0.3 is 0 Å². The van der Waals surface area contributed by atoms with Crippen molar-refractivity contribution in [2.45, 2.75) is 37.6 Å². The zero-order valence-electron chi connectivity index (χ0n) is 17.7. The van der Waals surface area contributed by atoms with Crippen LogP contribution in [0, 0.1) is 5.92 Å². The Kier molecular flexibility index (Phi) is 6.44. The van der Waals surface area contributed by atoms with Gasteiger partial charge in [0.1, 0.15) is 0 Å². The highest BCUT2D eigenvalue weighted by atomic mass is 35.5. The molecular weight excluding hydrogens is 416 g/mol. The number of carbonyl (C=O) groups is 1. The predicted octanol–water partition coefficient (Wildman–Crippen LogP) is 5.53. The van der Waals surface area contributed by atoms with Crippen molar-refractivity contribution in [2.24, 2.45) is 5.92 Å². The lowest BCUT2D eigenvalue weighted by molar-refractivity contribution is -0.132. The van der Waals surface area contributed by atoms with Gasteiger partial charge in [0.25, 0.3) is 0 Å². The third kappa shape index (κ3) is 5.20. The van der Waals surface area contributed by atoms with E-state index in [-0.39, 0.29) is 23.8 Å². The first-order valence-electron chi connectivity index (χ1n) is 10.7. The summed E-state index contributed by atoms with van der Waals surface area (Å²) in [6.45, 7) is 1.58. The predicted molar refractivity (Wildman–Crippen MR) is 127 cm³/mol. The van der Waals surface area contributed by atoms with E-state index >= 15 is 0 Å². The molecule has 2 aromatic carbocycles. The number of nitrogens with one attached hydrogen (secondary N) is 1. The van der Waals surface area contributed by atoms with E-state index in [9.17, 15) is 9.35 Å². The van der Waals surface area contributed by atoms with Crippen molar-refractivity contribution in [1.29, 1.82) is 0 Å². The van der Waals surface area contributed by atoms with Gasteiger partial charge in [-0.2, -0.15) is 0 Å². The molecule has 2 N–H and O–H groups in total. The van der Waals surface area contributed by atoms with E-state index in [4.69, 9.17) is 11.6 Å². The number of amides is 1. The summed E-state index contributed by atoms with van der Waals surface area (Å²) in [6, 6.07) is 16.6. The lowest BCUT2D eigenvalue weighted by atomic mass is 9.96. The number of hydrogen-bond acceptors (Lipinski definition) is 3. The lowest BCUT2D eigenvalue weighted by Gasteiger charge is -2.30. The molecule has 3 unspecified atom stereocenters. The largest absolute Gasteiger partial charge is 0.342 e. The average molecular weight is 447 g/mol. The van der Waals surface area contributed by atoms with Crippen LogP contribution in [0.4, 0.5) is 0 Å². The maximum absolute atomic E-state index is 13.2. The molecule has 0 aromatic heterocycles. The van der Waals surface area contributed by atoms with Gasteiger partial charge in [-0.05, 0) is 72.9 Å². The Morgan fingerprint density at radius 1 is 1.13 bits per heavy atom. The molecule has 162 valence electrons. The summed E-state index contributed by atoms with van der Waals surface area (Å²) < 4.78 is 13.5. The third-order valence-corrected chi connectivity index (χ3v) is 7.25. The van der Waals surface area contributed by atoms with E-state index in [1.54, 1.807) is 0 Å². The van der Waals surface area contributed by atoms with Crippen molar-refractivity contribution < 1.29 is 9.35 Å². The van der Waals surface area contributed by atoms with E-state index < -0.39 is 10.5 Å². The van der Waals surface area contributed by atoms with Crippen LogP contribution in [0.25, 0.3) is 11.1 Å². The summed E-state index contributed by atoms with van der Waals surface area (Å²) >= 11 is 6.29. The highest BCUT2D eigenvalue weighted by Gasteiger charge is 2.46. The van der Waals surface area contributed by atoms with Gasteiger partial charge in [0, 0.05) is 30.1 Å². The molecule has 30 heavy (non-hydrogen) atoms. The van der Waals surface area contributed by atoms with Gasteiger partial charge in [0.15, 0.2) is 0 Å². The summed E-state index contributed by atoms with van der Waals surface area (Å²) in [6.07, 6.45) is 7.50. The van der Waals surface area contributed by atoms with Crippen LogP contribution in [0.3, 0.4) is 0 Å². The Bertz CT molecular complexity index is 900. The molecule has 1 saturated carbocycles. The Hall–Kier alpha value is -1.53. The molecule has 1 saturated heterocycles. The zero-order chi connectivity index (χ0) is 21.3. The Balaban J connectivity index is 1.44. The van der Waals surface area contributed by atoms with E-state index in [1.165, 1.54) is 5.56 Å². The molecule has 3 atom stereocenters. The van der Waals surface area contributed by atoms with Crippen LogP contribution in [0.1, 0.15) is 37.2 Å². The molecule has 1 aliphatic heterocycles. The third-order valence-electron chi connectivity index (χ3n) is 6.10. The maximum atomic E-state index is 13.2. The van der Waals surface area contributed by atoms with Crippen molar-refractivity contribution in [3.63, 3.8) is 0 Å². The number of hydrogen-bond donors (Lipinski definition) is 2. The summed E-state index contributed by atoms with van der Waals surface area (Å²) in [5.74, 6) is 0.617. The summed E-state index contributed by atoms with van der Waals surface area (Å²) in [4.78, 5) is 15.3. The van der Waals surface area contributed by atoms with E-state index in [0.29, 0.717) is 0 Å². The monoisotopic (exact) mass is 446 g/mol. The molecular formula is C24H31ClN2O2S. The molecule has 0 bridgehead atoms. The molecule has 4 nitrogen and oxygen atoms in total. The quantitative estimate of drug-likeness (QED) is 0.634. The first kappa shape index (κ1) is 21.7. The number of carbonyl (C=O) groups excluding carboxylic acids is 1. The van der Waals surface area contributed by atoms with E-state index in [0.717, 1.165) is 54.9 Å². The molecule has 6 heteroatoms. The smallest absolute Gasteiger partial charge is 0.226 e. The van der Waals surface area contributed by atoms with Gasteiger partial charge < -0.3 is 9.45 Å². The second kappa shape index (κ2) is 8.91.